The van der Waals surface area contributed by atoms with Gasteiger partial charge >= 0.3 is 6.16 Å². The van der Waals surface area contributed by atoms with Crippen molar-refractivity contribution in [3.63, 3.8) is 0 Å². The van der Waals surface area contributed by atoms with Crippen molar-refractivity contribution in [1.29, 1.82) is 0 Å². The molecule has 0 bridgehead atoms. The van der Waals surface area contributed by atoms with Gasteiger partial charge in [-0.1, -0.05) is 0 Å². The molecule has 3 atom stereocenters. The SMILES string of the molecule is O=C(O)Oc1ccc([N+](=O)[O-])cc1C1COC2OCCC21. The van der Waals surface area contributed by atoms with Crippen LogP contribution in [0.5, 0.6) is 5.75 Å². The van der Waals surface area contributed by atoms with Crippen LogP contribution in [-0.4, -0.2) is 35.7 Å². The van der Waals surface area contributed by atoms with Gasteiger partial charge in [0.2, 0.25) is 0 Å². The highest BCUT2D eigenvalue weighted by Gasteiger charge is 2.43. The summed E-state index contributed by atoms with van der Waals surface area (Å²) >= 11 is 0. The van der Waals surface area contributed by atoms with Gasteiger partial charge < -0.3 is 19.3 Å². The largest absolute Gasteiger partial charge is 0.511 e. The second kappa shape index (κ2) is 5.30. The van der Waals surface area contributed by atoms with Crippen LogP contribution in [0.1, 0.15) is 17.9 Å². The maximum absolute atomic E-state index is 10.9. The molecule has 1 aromatic carbocycles. The average molecular weight is 295 g/mol. The molecule has 2 aliphatic rings. The summed E-state index contributed by atoms with van der Waals surface area (Å²) in [6, 6.07) is 3.89. The first-order valence-corrected chi connectivity index (χ1v) is 6.48. The molecule has 0 radical (unpaired) electrons. The fourth-order valence-electron chi connectivity index (χ4n) is 2.91. The molecule has 1 aromatic rings. The smallest absolute Gasteiger partial charge is 0.449 e. The molecule has 2 fully saturated rings. The van der Waals surface area contributed by atoms with Crippen molar-refractivity contribution in [3.8, 4) is 5.75 Å². The third-order valence-corrected chi connectivity index (χ3v) is 3.84. The average Bonchev–Trinajstić information content (AvgIpc) is 3.01. The van der Waals surface area contributed by atoms with E-state index in [1.165, 1.54) is 18.2 Å². The van der Waals surface area contributed by atoms with Crippen LogP contribution in [0.3, 0.4) is 0 Å². The Morgan fingerprint density at radius 1 is 1.43 bits per heavy atom. The number of rotatable bonds is 3. The summed E-state index contributed by atoms with van der Waals surface area (Å²) in [5.74, 6) is -0.0100. The molecule has 2 saturated heterocycles. The number of nitrogens with zero attached hydrogens (tertiary/aromatic N) is 1. The summed E-state index contributed by atoms with van der Waals surface area (Å²) in [5, 5.41) is 19.7. The van der Waals surface area contributed by atoms with Crippen molar-refractivity contribution in [2.45, 2.75) is 18.6 Å². The Bertz CT molecular complexity index is 588. The van der Waals surface area contributed by atoms with E-state index >= 15 is 0 Å². The van der Waals surface area contributed by atoms with E-state index in [1.54, 1.807) is 0 Å². The quantitative estimate of drug-likeness (QED) is 0.394. The molecule has 0 spiro atoms. The molecule has 112 valence electrons. The zero-order chi connectivity index (χ0) is 15.0. The summed E-state index contributed by atoms with van der Waals surface area (Å²) in [4.78, 5) is 21.2. The fourth-order valence-corrected chi connectivity index (χ4v) is 2.91. The van der Waals surface area contributed by atoms with E-state index in [2.05, 4.69) is 0 Å². The number of hydrogen-bond donors (Lipinski definition) is 1. The monoisotopic (exact) mass is 295 g/mol. The van der Waals surface area contributed by atoms with Gasteiger partial charge in [-0.2, -0.15) is 0 Å². The van der Waals surface area contributed by atoms with Gasteiger partial charge in [-0.15, -0.1) is 0 Å². The van der Waals surface area contributed by atoms with Crippen LogP contribution >= 0.6 is 0 Å². The molecular formula is C13H13NO7. The number of nitro groups is 1. The Morgan fingerprint density at radius 3 is 2.95 bits per heavy atom. The Balaban J connectivity index is 1.99. The normalized spacial score (nSPS) is 27.3. The molecule has 0 amide bonds. The molecule has 2 aliphatic heterocycles. The van der Waals surface area contributed by atoms with E-state index in [9.17, 15) is 14.9 Å². The Labute approximate surface area is 119 Å². The maximum atomic E-state index is 10.9. The Kier molecular flexibility index (Phi) is 3.48. The molecule has 21 heavy (non-hydrogen) atoms. The van der Waals surface area contributed by atoms with Gasteiger partial charge in [0.15, 0.2) is 6.29 Å². The minimum absolute atomic E-state index is 0.0585. The van der Waals surface area contributed by atoms with Gasteiger partial charge in [-0.3, -0.25) is 10.1 Å². The lowest BCUT2D eigenvalue weighted by Crippen LogP contribution is -2.15. The number of non-ortho nitro benzene ring substituents is 1. The van der Waals surface area contributed by atoms with E-state index in [4.69, 9.17) is 19.3 Å². The van der Waals surface area contributed by atoms with Gasteiger partial charge in [-0.05, 0) is 12.5 Å². The van der Waals surface area contributed by atoms with Gasteiger partial charge in [0.25, 0.3) is 5.69 Å². The molecule has 0 saturated carbocycles. The zero-order valence-electron chi connectivity index (χ0n) is 10.9. The van der Waals surface area contributed by atoms with Crippen LogP contribution in [-0.2, 0) is 9.47 Å². The Morgan fingerprint density at radius 2 is 2.24 bits per heavy atom. The molecule has 0 aromatic heterocycles. The number of ether oxygens (including phenoxy) is 3. The van der Waals surface area contributed by atoms with E-state index in [0.29, 0.717) is 18.8 Å². The van der Waals surface area contributed by atoms with Crippen LogP contribution in [0.25, 0.3) is 0 Å². The third kappa shape index (κ3) is 2.55. The first kappa shape index (κ1) is 13.8. The van der Waals surface area contributed by atoms with Crippen molar-refractivity contribution in [2.24, 2.45) is 5.92 Å². The van der Waals surface area contributed by atoms with Crippen LogP contribution in [0.2, 0.25) is 0 Å². The first-order valence-electron chi connectivity index (χ1n) is 6.48. The molecule has 2 heterocycles. The van der Waals surface area contributed by atoms with E-state index in [1.807, 2.05) is 0 Å². The van der Waals surface area contributed by atoms with Crippen molar-refractivity contribution in [3.05, 3.63) is 33.9 Å². The van der Waals surface area contributed by atoms with Gasteiger partial charge in [0.1, 0.15) is 5.75 Å². The number of benzene rings is 1. The first-order chi connectivity index (χ1) is 10.1. The zero-order valence-corrected chi connectivity index (χ0v) is 10.9. The van der Waals surface area contributed by atoms with Gasteiger partial charge in [0.05, 0.1) is 18.1 Å². The minimum Gasteiger partial charge on any atom is -0.449 e. The number of carbonyl (C=O) groups is 1. The minimum atomic E-state index is -1.46. The predicted octanol–water partition coefficient (Wildman–Crippen LogP) is 2.13. The van der Waals surface area contributed by atoms with Crippen molar-refractivity contribution in [1.82, 2.24) is 0 Å². The topological polar surface area (TPSA) is 108 Å². The van der Waals surface area contributed by atoms with Crippen LogP contribution in [0, 0.1) is 16.0 Å². The van der Waals surface area contributed by atoms with E-state index in [-0.39, 0.29) is 29.6 Å². The van der Waals surface area contributed by atoms with Crippen molar-refractivity contribution >= 4 is 11.8 Å². The van der Waals surface area contributed by atoms with E-state index in [0.717, 1.165) is 6.42 Å². The number of hydrogen-bond acceptors (Lipinski definition) is 6. The number of fused-ring (bicyclic) bond motifs is 1. The molecule has 8 nitrogen and oxygen atoms in total. The second-order valence-corrected chi connectivity index (χ2v) is 4.98. The predicted molar refractivity (Wildman–Crippen MR) is 68.3 cm³/mol. The molecule has 8 heteroatoms. The summed E-state index contributed by atoms with van der Waals surface area (Å²) in [7, 11) is 0. The fraction of sp³-hybridized carbons (Fsp3) is 0.462. The Hall–Kier alpha value is -2.19. The van der Waals surface area contributed by atoms with Crippen LogP contribution in [0.4, 0.5) is 10.5 Å². The molecule has 3 rings (SSSR count). The lowest BCUT2D eigenvalue weighted by molar-refractivity contribution is -0.385. The molecule has 1 N–H and O–H groups in total. The summed E-state index contributed by atoms with van der Waals surface area (Å²) < 4.78 is 15.7. The summed E-state index contributed by atoms with van der Waals surface area (Å²) in [6.45, 7) is 0.891. The number of nitro benzene ring substituents is 1. The summed E-state index contributed by atoms with van der Waals surface area (Å²) in [6.07, 6.45) is -1.01. The molecular weight excluding hydrogens is 282 g/mol. The lowest BCUT2D eigenvalue weighted by atomic mass is 9.86. The van der Waals surface area contributed by atoms with Gasteiger partial charge in [-0.25, -0.2) is 4.79 Å². The summed E-state index contributed by atoms with van der Waals surface area (Å²) in [5.41, 5.74) is 0.370. The highest BCUT2D eigenvalue weighted by atomic mass is 16.7. The highest BCUT2D eigenvalue weighted by molar-refractivity contribution is 5.63. The maximum Gasteiger partial charge on any atom is 0.511 e. The standard InChI is InChI=1S/C13H13NO7/c15-13(16)21-11-2-1-7(14(17)18)5-9(11)10-6-20-12-8(10)3-4-19-12/h1-2,5,8,10,12H,3-4,6H2,(H,15,16). The third-order valence-electron chi connectivity index (χ3n) is 3.84. The van der Waals surface area contributed by atoms with Crippen molar-refractivity contribution < 1.29 is 29.0 Å². The second-order valence-electron chi connectivity index (χ2n) is 4.98. The van der Waals surface area contributed by atoms with Crippen LogP contribution < -0.4 is 4.74 Å². The highest BCUT2D eigenvalue weighted by Crippen LogP contribution is 2.45. The van der Waals surface area contributed by atoms with Crippen molar-refractivity contribution in [2.75, 3.05) is 13.2 Å². The van der Waals surface area contributed by atoms with Gasteiger partial charge in [0, 0.05) is 29.5 Å². The molecule has 3 unspecified atom stereocenters. The number of carboxylic acid groups (broad SMARTS) is 1. The lowest BCUT2D eigenvalue weighted by Gasteiger charge is -2.17. The molecule has 0 aliphatic carbocycles. The van der Waals surface area contributed by atoms with Crippen LogP contribution in [0.15, 0.2) is 18.2 Å². The van der Waals surface area contributed by atoms with E-state index < -0.39 is 11.1 Å².